The molecule has 0 bridgehead atoms. The van der Waals surface area contributed by atoms with Crippen LogP contribution in [-0.4, -0.2) is 25.1 Å². The molecule has 0 N–H and O–H groups in total. The molecule has 0 aliphatic rings. The number of ether oxygens (including phenoxy) is 2. The quantitative estimate of drug-likeness (QED) is 0.622. The molecule has 0 aliphatic heterocycles. The van der Waals surface area contributed by atoms with Gasteiger partial charge in [0.25, 0.3) is 0 Å². The topological polar surface area (TPSA) is 35.5 Å². The summed E-state index contributed by atoms with van der Waals surface area (Å²) < 4.78 is 44.5. The van der Waals surface area contributed by atoms with Gasteiger partial charge < -0.3 is 9.47 Å². The third-order valence-corrected chi connectivity index (χ3v) is 2.08. The Kier molecular flexibility index (Phi) is 4.22. The van der Waals surface area contributed by atoms with Crippen LogP contribution in [0.3, 0.4) is 0 Å². The van der Waals surface area contributed by atoms with E-state index in [-0.39, 0.29) is 17.2 Å². The van der Waals surface area contributed by atoms with Gasteiger partial charge in [0.1, 0.15) is 0 Å². The van der Waals surface area contributed by atoms with Crippen molar-refractivity contribution in [2.24, 2.45) is 0 Å². The van der Waals surface area contributed by atoms with Crippen LogP contribution in [0.25, 0.3) is 0 Å². The van der Waals surface area contributed by atoms with Crippen molar-refractivity contribution < 1.29 is 27.4 Å². The van der Waals surface area contributed by atoms with Gasteiger partial charge in [0.2, 0.25) is 0 Å². The minimum absolute atomic E-state index is 0.159. The summed E-state index contributed by atoms with van der Waals surface area (Å²) in [5.41, 5.74) is 0.159. The number of rotatable bonds is 4. The third kappa shape index (κ3) is 3.81. The van der Waals surface area contributed by atoms with E-state index in [9.17, 15) is 18.0 Å². The molecule has 0 saturated carbocycles. The van der Waals surface area contributed by atoms with Crippen molar-refractivity contribution in [2.45, 2.75) is 6.36 Å². The van der Waals surface area contributed by atoms with E-state index in [1.54, 1.807) is 0 Å². The van der Waals surface area contributed by atoms with Crippen LogP contribution in [0.4, 0.5) is 13.2 Å². The number of benzene rings is 1. The molecule has 0 aliphatic carbocycles. The van der Waals surface area contributed by atoms with Crippen LogP contribution in [0.2, 0.25) is 0 Å². The van der Waals surface area contributed by atoms with Gasteiger partial charge in [0, 0.05) is 5.56 Å². The third-order valence-electron chi connectivity index (χ3n) is 1.83. The summed E-state index contributed by atoms with van der Waals surface area (Å²) in [6.07, 6.45) is -4.81. The number of alkyl halides is 4. The highest BCUT2D eigenvalue weighted by atomic mass is 35.5. The highest BCUT2D eigenvalue weighted by molar-refractivity contribution is 6.30. The predicted molar refractivity (Wildman–Crippen MR) is 54.7 cm³/mol. The summed E-state index contributed by atoms with van der Waals surface area (Å²) in [7, 11) is 1.17. The highest BCUT2D eigenvalue weighted by Gasteiger charge is 2.32. The second-order valence-corrected chi connectivity index (χ2v) is 3.24. The molecule has 1 aromatic rings. The number of Topliss-reactive ketones (excluding diaryl/α,β-unsaturated/α-hetero) is 1. The number of carbonyl (C=O) groups excluding carboxylic acids is 1. The summed E-state index contributed by atoms with van der Waals surface area (Å²) in [5, 5.41) is 0. The minimum atomic E-state index is -4.81. The van der Waals surface area contributed by atoms with Crippen LogP contribution in [-0.2, 0) is 0 Å². The lowest BCUT2D eigenvalue weighted by molar-refractivity contribution is -0.275. The largest absolute Gasteiger partial charge is 0.573 e. The Hall–Kier alpha value is -1.43. The summed E-state index contributed by atoms with van der Waals surface area (Å²) in [6, 6.07) is 3.34. The molecular weight excluding hydrogens is 261 g/mol. The van der Waals surface area contributed by atoms with Crippen molar-refractivity contribution in [3.8, 4) is 11.5 Å². The maximum Gasteiger partial charge on any atom is 0.573 e. The summed E-state index contributed by atoms with van der Waals surface area (Å²) >= 11 is 5.33. The number of hydrogen-bond donors (Lipinski definition) is 0. The molecule has 0 aromatic heterocycles. The Labute approximate surface area is 100 Å². The van der Waals surface area contributed by atoms with Crippen LogP contribution in [0.5, 0.6) is 11.5 Å². The molecular formula is C10H8ClF3O3. The van der Waals surface area contributed by atoms with E-state index in [1.807, 2.05) is 0 Å². The molecule has 0 atom stereocenters. The lowest BCUT2D eigenvalue weighted by Gasteiger charge is -2.12. The van der Waals surface area contributed by atoms with E-state index in [0.29, 0.717) is 0 Å². The molecule has 94 valence electrons. The maximum absolute atomic E-state index is 12.0. The highest BCUT2D eigenvalue weighted by Crippen LogP contribution is 2.32. The first kappa shape index (κ1) is 13.6. The molecule has 0 amide bonds. The van der Waals surface area contributed by atoms with Crippen LogP contribution >= 0.6 is 11.6 Å². The number of ketones is 1. The lowest BCUT2D eigenvalue weighted by Crippen LogP contribution is -2.17. The zero-order chi connectivity index (χ0) is 13.1. The average Bonchev–Trinajstić information content (AvgIpc) is 2.26. The van der Waals surface area contributed by atoms with Gasteiger partial charge >= 0.3 is 6.36 Å². The summed E-state index contributed by atoms with van der Waals surface area (Å²) in [6.45, 7) is 0. The van der Waals surface area contributed by atoms with Gasteiger partial charge in [0.05, 0.1) is 13.0 Å². The second kappa shape index (κ2) is 5.27. The predicted octanol–water partition coefficient (Wildman–Crippen LogP) is 3.02. The lowest BCUT2D eigenvalue weighted by atomic mass is 10.1. The summed E-state index contributed by atoms with van der Waals surface area (Å²) in [5.74, 6) is -1.37. The molecule has 7 heteroatoms. The molecule has 0 saturated heterocycles. The normalized spacial score (nSPS) is 11.1. The van der Waals surface area contributed by atoms with Crippen molar-refractivity contribution in [1.82, 2.24) is 0 Å². The van der Waals surface area contributed by atoms with E-state index < -0.39 is 17.9 Å². The molecule has 1 aromatic carbocycles. The van der Waals surface area contributed by atoms with E-state index in [1.165, 1.54) is 13.2 Å². The first-order valence-corrected chi connectivity index (χ1v) is 4.94. The molecule has 0 heterocycles. The second-order valence-electron chi connectivity index (χ2n) is 2.97. The first-order chi connectivity index (χ1) is 7.87. The van der Waals surface area contributed by atoms with E-state index in [0.717, 1.165) is 12.1 Å². The zero-order valence-electron chi connectivity index (χ0n) is 8.68. The molecule has 1 rings (SSSR count). The molecule has 3 nitrogen and oxygen atoms in total. The van der Waals surface area contributed by atoms with E-state index in [2.05, 4.69) is 4.74 Å². The van der Waals surface area contributed by atoms with Crippen molar-refractivity contribution >= 4 is 17.4 Å². The van der Waals surface area contributed by atoms with Gasteiger partial charge in [-0.1, -0.05) is 0 Å². The van der Waals surface area contributed by atoms with E-state index >= 15 is 0 Å². The molecule has 17 heavy (non-hydrogen) atoms. The maximum atomic E-state index is 12.0. The first-order valence-electron chi connectivity index (χ1n) is 4.40. The van der Waals surface area contributed by atoms with Crippen LogP contribution < -0.4 is 9.47 Å². The number of carbonyl (C=O) groups is 1. The van der Waals surface area contributed by atoms with Crippen LogP contribution in [0.1, 0.15) is 10.4 Å². The summed E-state index contributed by atoms with van der Waals surface area (Å²) in [4.78, 5) is 11.2. The Morgan fingerprint density at radius 3 is 2.47 bits per heavy atom. The average molecular weight is 269 g/mol. The number of methoxy groups -OCH3 is 1. The molecule has 0 fully saturated rings. The van der Waals surface area contributed by atoms with Gasteiger partial charge in [-0.05, 0) is 18.2 Å². The van der Waals surface area contributed by atoms with Crippen molar-refractivity contribution in [3.63, 3.8) is 0 Å². The van der Waals surface area contributed by atoms with Gasteiger partial charge in [-0.15, -0.1) is 24.8 Å². The fourth-order valence-corrected chi connectivity index (χ4v) is 1.28. The number of halogens is 4. The Bertz CT molecular complexity index is 418. The minimum Gasteiger partial charge on any atom is -0.493 e. The van der Waals surface area contributed by atoms with Crippen molar-refractivity contribution in [2.75, 3.05) is 13.0 Å². The van der Waals surface area contributed by atoms with Gasteiger partial charge in [-0.25, -0.2) is 0 Å². The van der Waals surface area contributed by atoms with E-state index in [4.69, 9.17) is 16.3 Å². The van der Waals surface area contributed by atoms with Crippen molar-refractivity contribution in [3.05, 3.63) is 23.8 Å². The van der Waals surface area contributed by atoms with Gasteiger partial charge in [-0.2, -0.15) is 0 Å². The standard InChI is InChI=1S/C10H8ClF3O3/c1-16-9-4-6(7(15)5-11)2-3-8(9)17-10(12,13)14/h2-4H,5H2,1H3. The van der Waals surface area contributed by atoms with Gasteiger partial charge in [-0.3, -0.25) is 4.79 Å². The Morgan fingerprint density at radius 2 is 2.00 bits per heavy atom. The fraction of sp³-hybridized carbons (Fsp3) is 0.300. The Morgan fingerprint density at radius 1 is 1.35 bits per heavy atom. The molecule has 0 unspecified atom stereocenters. The number of hydrogen-bond acceptors (Lipinski definition) is 3. The monoisotopic (exact) mass is 268 g/mol. The molecule has 0 spiro atoms. The fourth-order valence-electron chi connectivity index (χ4n) is 1.13. The van der Waals surface area contributed by atoms with Gasteiger partial charge in [0.15, 0.2) is 17.3 Å². The molecule has 0 radical (unpaired) electrons. The van der Waals surface area contributed by atoms with Crippen molar-refractivity contribution in [1.29, 1.82) is 0 Å². The smallest absolute Gasteiger partial charge is 0.493 e. The SMILES string of the molecule is COc1cc(C(=O)CCl)ccc1OC(F)(F)F. The van der Waals surface area contributed by atoms with Crippen LogP contribution in [0, 0.1) is 0 Å². The van der Waals surface area contributed by atoms with Crippen LogP contribution in [0.15, 0.2) is 18.2 Å². The zero-order valence-corrected chi connectivity index (χ0v) is 9.43. The Balaban J connectivity index is 3.05.